The molecule has 0 aromatic carbocycles. The van der Waals surface area contributed by atoms with E-state index in [-0.39, 0.29) is 21.1 Å². The molecule has 1 heteroatoms. The third-order valence-electron chi connectivity index (χ3n) is 1.70. The maximum Gasteiger partial charge on any atom is 0 e. The Morgan fingerprint density at radius 2 is 1.80 bits per heavy atom. The summed E-state index contributed by atoms with van der Waals surface area (Å²) in [6.45, 7) is 2.22. The molecule has 0 nitrogen and oxygen atoms in total. The Hall–Kier alpha value is 0.168. The molecule has 10 heavy (non-hydrogen) atoms. The average molecular weight is 317 g/mol. The SMILES string of the molecule is CC1=CCCC=CCC1.[Pt]. The summed E-state index contributed by atoms with van der Waals surface area (Å²) in [5, 5.41) is 0. The number of rotatable bonds is 0. The number of hydrogen-bond donors (Lipinski definition) is 0. The fourth-order valence-electron chi connectivity index (χ4n) is 1.07. The maximum atomic E-state index is 2.35. The third-order valence-corrected chi connectivity index (χ3v) is 1.70. The minimum atomic E-state index is 0. The van der Waals surface area contributed by atoms with Crippen LogP contribution in [0.25, 0.3) is 0 Å². The zero-order chi connectivity index (χ0) is 6.53. The molecule has 0 aromatic heterocycles. The smallest absolute Gasteiger partial charge is 0 e. The van der Waals surface area contributed by atoms with E-state index in [2.05, 4.69) is 25.2 Å². The van der Waals surface area contributed by atoms with Gasteiger partial charge in [-0.25, -0.2) is 0 Å². The van der Waals surface area contributed by atoms with Crippen LogP contribution in [0.1, 0.15) is 32.6 Å². The van der Waals surface area contributed by atoms with Gasteiger partial charge in [0.2, 0.25) is 0 Å². The van der Waals surface area contributed by atoms with Gasteiger partial charge in [0, 0.05) is 21.1 Å². The van der Waals surface area contributed by atoms with Crippen molar-refractivity contribution in [3.63, 3.8) is 0 Å². The van der Waals surface area contributed by atoms with Crippen molar-refractivity contribution < 1.29 is 21.1 Å². The van der Waals surface area contributed by atoms with Crippen LogP contribution in [0.2, 0.25) is 0 Å². The predicted octanol–water partition coefficient (Wildman–Crippen LogP) is 3.06. The second kappa shape index (κ2) is 5.92. The summed E-state index contributed by atoms with van der Waals surface area (Å²) < 4.78 is 0. The van der Waals surface area contributed by atoms with Crippen molar-refractivity contribution in [2.24, 2.45) is 0 Å². The minimum absolute atomic E-state index is 0. The van der Waals surface area contributed by atoms with Crippen molar-refractivity contribution in [1.29, 1.82) is 0 Å². The van der Waals surface area contributed by atoms with E-state index >= 15 is 0 Å². The molecule has 0 radical (unpaired) electrons. The van der Waals surface area contributed by atoms with Crippen LogP contribution >= 0.6 is 0 Å². The molecule has 0 saturated heterocycles. The van der Waals surface area contributed by atoms with Crippen LogP contribution < -0.4 is 0 Å². The Balaban J connectivity index is 0.000000810. The molecule has 0 spiro atoms. The van der Waals surface area contributed by atoms with Gasteiger partial charge in [-0.1, -0.05) is 23.8 Å². The van der Waals surface area contributed by atoms with Gasteiger partial charge in [0.05, 0.1) is 0 Å². The molecular weight excluding hydrogens is 303 g/mol. The van der Waals surface area contributed by atoms with Crippen LogP contribution in [0.4, 0.5) is 0 Å². The molecular formula is C9H14Pt. The van der Waals surface area contributed by atoms with E-state index in [4.69, 9.17) is 0 Å². The zero-order valence-corrected chi connectivity index (χ0v) is 8.65. The zero-order valence-electron chi connectivity index (χ0n) is 6.38. The van der Waals surface area contributed by atoms with Gasteiger partial charge < -0.3 is 0 Å². The van der Waals surface area contributed by atoms with Gasteiger partial charge in [-0.15, -0.1) is 0 Å². The van der Waals surface area contributed by atoms with Gasteiger partial charge >= 0.3 is 0 Å². The summed E-state index contributed by atoms with van der Waals surface area (Å²) >= 11 is 0. The molecule has 0 heterocycles. The normalized spacial score (nSPS) is 18.3. The molecule has 0 aromatic rings. The Labute approximate surface area is 77.7 Å². The summed E-state index contributed by atoms with van der Waals surface area (Å²) in [5.74, 6) is 0. The molecule has 0 N–H and O–H groups in total. The Bertz CT molecular complexity index is 134. The molecule has 1 aliphatic rings. The van der Waals surface area contributed by atoms with Crippen molar-refractivity contribution >= 4 is 0 Å². The van der Waals surface area contributed by atoms with E-state index < -0.39 is 0 Å². The van der Waals surface area contributed by atoms with Gasteiger partial charge in [0.1, 0.15) is 0 Å². The second-order valence-corrected chi connectivity index (χ2v) is 2.64. The Kier molecular flexibility index (Phi) is 6.02. The van der Waals surface area contributed by atoms with Crippen LogP contribution in [0.3, 0.4) is 0 Å². The fraction of sp³-hybridized carbons (Fsp3) is 0.556. The Morgan fingerprint density at radius 3 is 2.60 bits per heavy atom. The van der Waals surface area contributed by atoms with Crippen molar-refractivity contribution in [3.8, 4) is 0 Å². The van der Waals surface area contributed by atoms with Gasteiger partial charge in [0.15, 0.2) is 0 Å². The first kappa shape index (κ1) is 10.2. The van der Waals surface area contributed by atoms with E-state index in [0.29, 0.717) is 0 Å². The van der Waals surface area contributed by atoms with Crippen molar-refractivity contribution in [2.45, 2.75) is 32.6 Å². The number of allylic oxidation sites excluding steroid dienone is 4. The molecule has 1 rings (SSSR count). The van der Waals surface area contributed by atoms with Gasteiger partial charge in [-0.3, -0.25) is 0 Å². The van der Waals surface area contributed by atoms with Crippen molar-refractivity contribution in [3.05, 3.63) is 23.8 Å². The predicted molar refractivity (Wildman–Crippen MR) is 41.4 cm³/mol. The first-order valence-electron chi connectivity index (χ1n) is 3.70. The van der Waals surface area contributed by atoms with E-state index in [1.165, 1.54) is 25.7 Å². The molecule has 0 unspecified atom stereocenters. The summed E-state index contributed by atoms with van der Waals surface area (Å²) in [6, 6.07) is 0. The third kappa shape index (κ3) is 4.06. The largest absolute Gasteiger partial charge is 0.0882 e. The van der Waals surface area contributed by atoms with Gasteiger partial charge in [-0.2, -0.15) is 0 Å². The molecule has 0 aliphatic heterocycles. The van der Waals surface area contributed by atoms with Crippen LogP contribution in [0.15, 0.2) is 23.8 Å². The van der Waals surface area contributed by atoms with E-state index in [9.17, 15) is 0 Å². The summed E-state index contributed by atoms with van der Waals surface area (Å²) in [7, 11) is 0. The Morgan fingerprint density at radius 1 is 1.10 bits per heavy atom. The standard InChI is InChI=1S/C9H14.Pt/c1-9-7-5-3-2-4-6-8-9;/h2-3,8H,4-7H2,1H3;. The molecule has 0 bridgehead atoms. The molecule has 0 saturated carbocycles. The van der Waals surface area contributed by atoms with Gasteiger partial charge in [0.25, 0.3) is 0 Å². The first-order chi connectivity index (χ1) is 4.39. The van der Waals surface area contributed by atoms with Crippen LogP contribution in [-0.2, 0) is 21.1 Å². The minimum Gasteiger partial charge on any atom is -0.0882 e. The van der Waals surface area contributed by atoms with Crippen LogP contribution in [-0.4, -0.2) is 0 Å². The van der Waals surface area contributed by atoms with Crippen molar-refractivity contribution in [1.82, 2.24) is 0 Å². The molecule has 1 aliphatic carbocycles. The fourth-order valence-corrected chi connectivity index (χ4v) is 1.07. The summed E-state index contributed by atoms with van der Waals surface area (Å²) in [6.07, 6.45) is 11.9. The van der Waals surface area contributed by atoms with Crippen LogP contribution in [0, 0.1) is 0 Å². The van der Waals surface area contributed by atoms with Crippen molar-refractivity contribution in [2.75, 3.05) is 0 Å². The maximum absolute atomic E-state index is 2.35. The quantitative estimate of drug-likeness (QED) is 0.603. The van der Waals surface area contributed by atoms with Gasteiger partial charge in [-0.05, 0) is 32.6 Å². The average Bonchev–Trinajstić information content (AvgIpc) is 1.79. The monoisotopic (exact) mass is 317 g/mol. The van der Waals surface area contributed by atoms with E-state index in [1.807, 2.05) is 0 Å². The van der Waals surface area contributed by atoms with E-state index in [0.717, 1.165) is 0 Å². The topological polar surface area (TPSA) is 0 Å². The second-order valence-electron chi connectivity index (χ2n) is 2.64. The summed E-state index contributed by atoms with van der Waals surface area (Å²) in [5.41, 5.74) is 1.55. The van der Waals surface area contributed by atoms with E-state index in [1.54, 1.807) is 5.57 Å². The molecule has 0 amide bonds. The summed E-state index contributed by atoms with van der Waals surface area (Å²) in [4.78, 5) is 0. The first-order valence-corrected chi connectivity index (χ1v) is 3.70. The number of hydrogen-bond acceptors (Lipinski definition) is 0. The molecule has 60 valence electrons. The molecule has 0 atom stereocenters. The molecule has 0 fully saturated rings. The van der Waals surface area contributed by atoms with Crippen LogP contribution in [0.5, 0.6) is 0 Å².